The zero-order valence-electron chi connectivity index (χ0n) is 12.1. The Balaban J connectivity index is 2.51. The third-order valence-corrected chi connectivity index (χ3v) is 2.65. The van der Waals surface area contributed by atoms with E-state index in [1.165, 1.54) is 0 Å². The van der Waals surface area contributed by atoms with E-state index in [9.17, 15) is 9.59 Å². The highest BCUT2D eigenvalue weighted by molar-refractivity contribution is 5.80. The van der Waals surface area contributed by atoms with Gasteiger partial charge in [0.25, 0.3) is 5.91 Å². The molecule has 5 heteroatoms. The molecule has 0 aliphatic heterocycles. The minimum Gasteiger partial charge on any atom is -0.481 e. The van der Waals surface area contributed by atoms with Crippen LogP contribution in [0.3, 0.4) is 0 Å². The number of amides is 1. The minimum atomic E-state index is -0.875. The van der Waals surface area contributed by atoms with Crippen molar-refractivity contribution in [2.45, 2.75) is 33.3 Å². The number of carbonyl (C=O) groups excluding carboxylic acids is 1. The number of hydrogen-bond donors (Lipinski definition) is 2. The Labute approximate surface area is 118 Å². The first-order valence-electron chi connectivity index (χ1n) is 6.63. The lowest BCUT2D eigenvalue weighted by atomic mass is 10.1. The number of hydrogen-bond acceptors (Lipinski definition) is 3. The molecule has 1 unspecified atom stereocenters. The Hall–Kier alpha value is -2.04. The van der Waals surface area contributed by atoms with Gasteiger partial charge in [0, 0.05) is 6.54 Å². The monoisotopic (exact) mass is 279 g/mol. The fraction of sp³-hybridized carbons (Fsp3) is 0.467. The van der Waals surface area contributed by atoms with E-state index >= 15 is 0 Å². The highest BCUT2D eigenvalue weighted by Gasteiger charge is 2.14. The van der Waals surface area contributed by atoms with Crippen molar-refractivity contribution in [1.82, 2.24) is 5.32 Å². The Morgan fingerprint density at radius 3 is 2.30 bits per heavy atom. The van der Waals surface area contributed by atoms with Crippen molar-refractivity contribution >= 4 is 11.9 Å². The average Bonchev–Trinajstić information content (AvgIpc) is 2.37. The number of ether oxygens (including phenoxy) is 1. The van der Waals surface area contributed by atoms with Gasteiger partial charge in [-0.25, -0.2) is 0 Å². The van der Waals surface area contributed by atoms with Gasteiger partial charge in [-0.1, -0.05) is 26.0 Å². The molecule has 0 aromatic heterocycles. The van der Waals surface area contributed by atoms with Crippen LogP contribution in [0, 0.1) is 5.92 Å². The molecule has 1 rings (SSSR count). The number of benzene rings is 1. The zero-order chi connectivity index (χ0) is 15.1. The van der Waals surface area contributed by atoms with Crippen LogP contribution in [0.25, 0.3) is 0 Å². The van der Waals surface area contributed by atoms with Gasteiger partial charge in [-0.05, 0) is 30.5 Å². The van der Waals surface area contributed by atoms with Crippen molar-refractivity contribution in [2.75, 3.05) is 6.54 Å². The topological polar surface area (TPSA) is 75.6 Å². The molecule has 0 aliphatic rings. The molecule has 0 saturated heterocycles. The van der Waals surface area contributed by atoms with Crippen LogP contribution in [-0.4, -0.2) is 29.6 Å². The summed E-state index contributed by atoms with van der Waals surface area (Å²) in [5.41, 5.74) is 0.696. The van der Waals surface area contributed by atoms with Crippen molar-refractivity contribution in [3.8, 4) is 5.75 Å². The summed E-state index contributed by atoms with van der Waals surface area (Å²) in [6.07, 6.45) is -0.607. The summed E-state index contributed by atoms with van der Waals surface area (Å²) in [5.74, 6) is -0.0961. The molecule has 1 aromatic rings. The summed E-state index contributed by atoms with van der Waals surface area (Å²) in [4.78, 5) is 22.3. The van der Waals surface area contributed by atoms with Gasteiger partial charge in [0.05, 0.1) is 6.42 Å². The summed E-state index contributed by atoms with van der Waals surface area (Å²) in [6, 6.07) is 6.71. The highest BCUT2D eigenvalue weighted by Crippen LogP contribution is 2.14. The number of aliphatic carboxylic acids is 1. The number of rotatable bonds is 7. The average molecular weight is 279 g/mol. The summed E-state index contributed by atoms with van der Waals surface area (Å²) >= 11 is 0. The van der Waals surface area contributed by atoms with Crippen LogP contribution in [0.15, 0.2) is 24.3 Å². The Morgan fingerprint density at radius 2 is 1.80 bits per heavy atom. The predicted molar refractivity (Wildman–Crippen MR) is 75.7 cm³/mol. The lowest BCUT2D eigenvalue weighted by molar-refractivity contribution is -0.136. The van der Waals surface area contributed by atoms with Gasteiger partial charge < -0.3 is 15.2 Å². The predicted octanol–water partition coefficient (Wildman–Crippen LogP) is 1.85. The maximum Gasteiger partial charge on any atom is 0.307 e. The normalized spacial score (nSPS) is 12.0. The van der Waals surface area contributed by atoms with Crippen LogP contribution in [-0.2, 0) is 16.0 Å². The molecule has 0 bridgehead atoms. The van der Waals surface area contributed by atoms with E-state index in [0.29, 0.717) is 23.8 Å². The minimum absolute atomic E-state index is 0.0231. The molecule has 0 radical (unpaired) electrons. The number of carboxylic acid groups (broad SMARTS) is 1. The maximum atomic E-state index is 11.8. The molecule has 0 spiro atoms. The number of carboxylic acids is 1. The van der Waals surface area contributed by atoms with Gasteiger partial charge >= 0.3 is 5.97 Å². The van der Waals surface area contributed by atoms with E-state index in [4.69, 9.17) is 9.84 Å². The summed E-state index contributed by atoms with van der Waals surface area (Å²) in [5, 5.41) is 11.5. The van der Waals surface area contributed by atoms with E-state index in [1.54, 1.807) is 31.2 Å². The number of nitrogens with one attached hydrogen (secondary N) is 1. The van der Waals surface area contributed by atoms with E-state index in [2.05, 4.69) is 5.32 Å². The molecule has 1 amide bonds. The smallest absolute Gasteiger partial charge is 0.307 e. The number of carbonyl (C=O) groups is 2. The molecular formula is C15H21NO4. The van der Waals surface area contributed by atoms with Crippen LogP contribution >= 0.6 is 0 Å². The van der Waals surface area contributed by atoms with Gasteiger partial charge in [0.15, 0.2) is 6.10 Å². The molecular weight excluding hydrogens is 258 g/mol. The largest absolute Gasteiger partial charge is 0.481 e. The lowest BCUT2D eigenvalue weighted by Crippen LogP contribution is -2.38. The third-order valence-electron chi connectivity index (χ3n) is 2.65. The Morgan fingerprint density at radius 1 is 1.20 bits per heavy atom. The van der Waals surface area contributed by atoms with Gasteiger partial charge in [-0.2, -0.15) is 0 Å². The van der Waals surface area contributed by atoms with Gasteiger partial charge in [0.1, 0.15) is 5.75 Å². The molecule has 1 atom stereocenters. The zero-order valence-corrected chi connectivity index (χ0v) is 12.1. The molecule has 5 nitrogen and oxygen atoms in total. The maximum absolute atomic E-state index is 11.8. The van der Waals surface area contributed by atoms with Crippen molar-refractivity contribution in [2.24, 2.45) is 5.92 Å². The summed E-state index contributed by atoms with van der Waals surface area (Å²) in [6.45, 7) is 6.34. The first kappa shape index (κ1) is 16.0. The second-order valence-electron chi connectivity index (χ2n) is 5.11. The lowest BCUT2D eigenvalue weighted by Gasteiger charge is -2.15. The quantitative estimate of drug-likeness (QED) is 0.798. The van der Waals surface area contributed by atoms with Crippen molar-refractivity contribution in [3.05, 3.63) is 29.8 Å². The first-order valence-corrected chi connectivity index (χ1v) is 6.63. The Kier molecular flexibility index (Phi) is 6.03. The van der Waals surface area contributed by atoms with E-state index in [0.717, 1.165) is 0 Å². The third kappa shape index (κ3) is 5.73. The van der Waals surface area contributed by atoms with Gasteiger partial charge in [0.2, 0.25) is 0 Å². The van der Waals surface area contributed by atoms with Crippen LogP contribution in [0.4, 0.5) is 0 Å². The van der Waals surface area contributed by atoms with Crippen LogP contribution in [0.5, 0.6) is 5.75 Å². The van der Waals surface area contributed by atoms with Crippen LogP contribution in [0.1, 0.15) is 26.3 Å². The fourth-order valence-corrected chi connectivity index (χ4v) is 1.57. The molecule has 2 N–H and O–H groups in total. The standard InChI is InChI=1S/C15H21NO4/c1-10(2)9-16-15(19)11(3)20-13-6-4-12(5-7-13)8-14(17)18/h4-7,10-11H,8-9H2,1-3H3,(H,16,19)(H,17,18). The highest BCUT2D eigenvalue weighted by atomic mass is 16.5. The fourth-order valence-electron chi connectivity index (χ4n) is 1.57. The Bertz CT molecular complexity index is 453. The molecule has 0 heterocycles. The van der Waals surface area contributed by atoms with Gasteiger partial charge in [-0.15, -0.1) is 0 Å². The second-order valence-corrected chi connectivity index (χ2v) is 5.11. The second kappa shape index (κ2) is 7.53. The van der Waals surface area contributed by atoms with E-state index < -0.39 is 12.1 Å². The molecule has 110 valence electrons. The van der Waals surface area contributed by atoms with Crippen molar-refractivity contribution < 1.29 is 19.4 Å². The van der Waals surface area contributed by atoms with Crippen LogP contribution < -0.4 is 10.1 Å². The molecule has 0 fully saturated rings. The van der Waals surface area contributed by atoms with Crippen molar-refractivity contribution in [1.29, 1.82) is 0 Å². The summed E-state index contributed by atoms with van der Waals surface area (Å²) in [7, 11) is 0. The SMILES string of the molecule is CC(C)CNC(=O)C(C)Oc1ccc(CC(=O)O)cc1. The van der Waals surface area contributed by atoms with Crippen molar-refractivity contribution in [3.63, 3.8) is 0 Å². The van der Waals surface area contributed by atoms with Crippen LogP contribution in [0.2, 0.25) is 0 Å². The molecule has 20 heavy (non-hydrogen) atoms. The molecule has 1 aromatic carbocycles. The van der Waals surface area contributed by atoms with Gasteiger partial charge in [-0.3, -0.25) is 9.59 Å². The van der Waals surface area contributed by atoms with E-state index in [-0.39, 0.29) is 12.3 Å². The molecule has 0 aliphatic carbocycles. The van der Waals surface area contributed by atoms with E-state index in [1.807, 2.05) is 13.8 Å². The first-order chi connectivity index (χ1) is 9.38. The molecule has 0 saturated carbocycles. The summed E-state index contributed by atoms with van der Waals surface area (Å²) < 4.78 is 5.51.